The predicted octanol–water partition coefficient (Wildman–Crippen LogP) is 1.92. The zero-order valence-corrected chi connectivity index (χ0v) is 13.2. The van der Waals surface area contributed by atoms with E-state index in [0.29, 0.717) is 15.7 Å². The summed E-state index contributed by atoms with van der Waals surface area (Å²) in [5.74, 6) is -1.20. The van der Waals surface area contributed by atoms with Gasteiger partial charge in [0, 0.05) is 10.5 Å². The van der Waals surface area contributed by atoms with Crippen molar-refractivity contribution in [3.8, 4) is 0 Å². The third-order valence-electron chi connectivity index (χ3n) is 2.77. The van der Waals surface area contributed by atoms with Crippen LogP contribution in [0.1, 0.15) is 21.6 Å². The van der Waals surface area contributed by atoms with Crippen LogP contribution in [-0.2, 0) is 16.6 Å². The molecule has 1 heterocycles. The summed E-state index contributed by atoms with van der Waals surface area (Å²) in [7, 11) is -3.87. The number of carboxylic acid groups (broad SMARTS) is 1. The fraction of sp³-hybridized carbons (Fsp3) is 0.167. The lowest BCUT2D eigenvalue weighted by atomic mass is 10.1. The summed E-state index contributed by atoms with van der Waals surface area (Å²) >= 11 is 3.16. The van der Waals surface area contributed by atoms with Crippen molar-refractivity contribution in [2.24, 2.45) is 0 Å². The van der Waals surface area contributed by atoms with Crippen molar-refractivity contribution in [2.45, 2.75) is 18.4 Å². The molecule has 1 aromatic heterocycles. The Hall–Kier alpha value is -1.71. The first-order chi connectivity index (χ1) is 9.81. The second-order valence-electron chi connectivity index (χ2n) is 4.20. The van der Waals surface area contributed by atoms with Gasteiger partial charge in [0.2, 0.25) is 10.0 Å². The molecule has 0 saturated carbocycles. The lowest BCUT2D eigenvalue weighted by molar-refractivity contribution is 0.0696. The highest BCUT2D eigenvalue weighted by molar-refractivity contribution is 9.10. The van der Waals surface area contributed by atoms with Gasteiger partial charge >= 0.3 is 5.97 Å². The summed E-state index contributed by atoms with van der Waals surface area (Å²) in [6.45, 7) is 1.54. The Labute approximate surface area is 129 Å². The van der Waals surface area contributed by atoms with Gasteiger partial charge in [-0.15, -0.1) is 0 Å². The van der Waals surface area contributed by atoms with Crippen molar-refractivity contribution in [1.82, 2.24) is 9.88 Å². The minimum Gasteiger partial charge on any atom is -0.478 e. The first-order valence-corrected chi connectivity index (χ1v) is 8.01. The second-order valence-corrected chi connectivity index (χ2v) is 6.79. The van der Waals surface area contributed by atoms with Crippen LogP contribution in [0.15, 0.2) is 38.4 Å². The molecule has 0 amide bonds. The van der Waals surface area contributed by atoms with E-state index in [1.807, 2.05) is 0 Å². The quantitative estimate of drug-likeness (QED) is 0.827. The first-order valence-electron chi connectivity index (χ1n) is 5.73. The molecule has 2 rings (SSSR count). The summed E-state index contributed by atoms with van der Waals surface area (Å²) in [5, 5.41) is 12.6. The fourth-order valence-corrected chi connectivity index (χ4v) is 3.51. The number of carboxylic acids is 1. The molecule has 0 aliphatic heterocycles. The van der Waals surface area contributed by atoms with E-state index in [-0.39, 0.29) is 17.0 Å². The van der Waals surface area contributed by atoms with E-state index in [0.717, 1.165) is 6.07 Å². The molecule has 0 bridgehead atoms. The van der Waals surface area contributed by atoms with Crippen molar-refractivity contribution >= 4 is 31.9 Å². The molecule has 21 heavy (non-hydrogen) atoms. The molecule has 1 aromatic carbocycles. The van der Waals surface area contributed by atoms with E-state index in [2.05, 4.69) is 30.3 Å². The van der Waals surface area contributed by atoms with Gasteiger partial charge in [0.05, 0.1) is 22.7 Å². The average Bonchev–Trinajstić information content (AvgIpc) is 2.92. The van der Waals surface area contributed by atoms with Crippen molar-refractivity contribution < 1.29 is 22.8 Å². The number of nitrogens with zero attached hydrogens (tertiary/aromatic N) is 1. The number of rotatable bonds is 5. The number of sulfonamides is 1. The maximum absolute atomic E-state index is 12.3. The minimum atomic E-state index is -3.87. The van der Waals surface area contributed by atoms with Crippen LogP contribution >= 0.6 is 15.9 Å². The molecule has 0 saturated heterocycles. The van der Waals surface area contributed by atoms with Crippen LogP contribution < -0.4 is 4.72 Å². The van der Waals surface area contributed by atoms with Gasteiger partial charge in [-0.05, 0) is 24.6 Å². The maximum atomic E-state index is 12.3. The minimum absolute atomic E-state index is 0.0484. The molecular weight excluding hydrogens is 364 g/mol. The van der Waals surface area contributed by atoms with E-state index in [9.17, 15) is 13.2 Å². The second kappa shape index (κ2) is 5.96. The summed E-state index contributed by atoms with van der Waals surface area (Å²) in [6.07, 6.45) is 1.33. The zero-order chi connectivity index (χ0) is 15.6. The van der Waals surface area contributed by atoms with Crippen LogP contribution in [0.3, 0.4) is 0 Å². The van der Waals surface area contributed by atoms with Crippen molar-refractivity contribution in [2.75, 3.05) is 0 Å². The third-order valence-corrected chi connectivity index (χ3v) is 5.12. The van der Waals surface area contributed by atoms with Crippen molar-refractivity contribution in [1.29, 1.82) is 0 Å². The lowest BCUT2D eigenvalue weighted by Crippen LogP contribution is -2.24. The normalized spacial score (nSPS) is 11.5. The largest absolute Gasteiger partial charge is 0.478 e. The Balaban J connectivity index is 2.37. The Morgan fingerprint density at radius 3 is 2.76 bits per heavy atom. The van der Waals surface area contributed by atoms with Crippen molar-refractivity contribution in [3.05, 3.63) is 45.8 Å². The molecule has 0 aliphatic rings. The molecular formula is C12H11BrN2O5S. The highest BCUT2D eigenvalue weighted by atomic mass is 79.9. The number of carbonyl (C=O) groups is 1. The van der Waals surface area contributed by atoms with Gasteiger partial charge in [0.25, 0.3) is 0 Å². The van der Waals surface area contributed by atoms with Gasteiger partial charge in [-0.3, -0.25) is 0 Å². The molecule has 112 valence electrons. The molecule has 0 spiro atoms. The lowest BCUT2D eigenvalue weighted by Gasteiger charge is -2.11. The Morgan fingerprint density at radius 2 is 2.19 bits per heavy atom. The summed E-state index contributed by atoms with van der Waals surface area (Å²) < 4.78 is 31.9. The Kier molecular flexibility index (Phi) is 4.45. The first kappa shape index (κ1) is 15.7. The zero-order valence-electron chi connectivity index (χ0n) is 10.8. The van der Waals surface area contributed by atoms with Crippen LogP contribution in [0, 0.1) is 6.92 Å². The molecule has 0 radical (unpaired) electrons. The number of aromatic nitrogens is 1. The van der Waals surface area contributed by atoms with E-state index in [1.165, 1.54) is 18.4 Å². The van der Waals surface area contributed by atoms with Crippen LogP contribution in [0.4, 0.5) is 0 Å². The van der Waals surface area contributed by atoms with Crippen LogP contribution in [0.5, 0.6) is 0 Å². The van der Waals surface area contributed by atoms with E-state index < -0.39 is 16.0 Å². The summed E-state index contributed by atoms with van der Waals surface area (Å²) in [5.41, 5.74) is 0.728. The summed E-state index contributed by atoms with van der Waals surface area (Å²) in [4.78, 5) is 10.9. The Morgan fingerprint density at radius 1 is 1.48 bits per heavy atom. The topological polar surface area (TPSA) is 110 Å². The van der Waals surface area contributed by atoms with E-state index in [1.54, 1.807) is 6.92 Å². The average molecular weight is 375 g/mol. The maximum Gasteiger partial charge on any atom is 0.335 e. The third kappa shape index (κ3) is 3.49. The number of benzene rings is 1. The molecule has 9 heteroatoms. The Bertz CT molecular complexity index is 771. The predicted molar refractivity (Wildman–Crippen MR) is 76.4 cm³/mol. The van der Waals surface area contributed by atoms with Crippen molar-refractivity contribution in [3.63, 3.8) is 0 Å². The van der Waals surface area contributed by atoms with Gasteiger partial charge in [-0.1, -0.05) is 21.1 Å². The molecule has 2 aromatic rings. The fourth-order valence-electron chi connectivity index (χ4n) is 1.63. The number of hydrogen-bond acceptors (Lipinski definition) is 5. The van der Waals surface area contributed by atoms with Crippen LogP contribution in [-0.4, -0.2) is 24.7 Å². The van der Waals surface area contributed by atoms with E-state index in [4.69, 9.17) is 5.11 Å². The van der Waals surface area contributed by atoms with E-state index >= 15 is 0 Å². The number of hydrogen-bond donors (Lipinski definition) is 2. The van der Waals surface area contributed by atoms with Gasteiger partial charge < -0.3 is 9.63 Å². The molecule has 2 N–H and O–H groups in total. The smallest absolute Gasteiger partial charge is 0.335 e. The highest BCUT2D eigenvalue weighted by Crippen LogP contribution is 2.26. The van der Waals surface area contributed by atoms with Gasteiger partial charge in [-0.25, -0.2) is 17.9 Å². The SMILES string of the molecule is Cc1c(Br)cc(C(=O)O)cc1S(=O)(=O)NCc1ccon1. The molecule has 0 aliphatic carbocycles. The molecule has 7 nitrogen and oxygen atoms in total. The molecule has 0 unspecified atom stereocenters. The van der Waals surface area contributed by atoms with Crippen LogP contribution in [0.2, 0.25) is 0 Å². The monoisotopic (exact) mass is 374 g/mol. The molecule has 0 fully saturated rings. The number of nitrogens with one attached hydrogen (secondary N) is 1. The van der Waals surface area contributed by atoms with Gasteiger partial charge in [-0.2, -0.15) is 0 Å². The number of aromatic carboxylic acids is 1. The van der Waals surface area contributed by atoms with Gasteiger partial charge in [0.15, 0.2) is 0 Å². The van der Waals surface area contributed by atoms with Crippen LogP contribution in [0.25, 0.3) is 0 Å². The standard InChI is InChI=1S/C12H11BrN2O5S/c1-7-10(13)4-8(12(16)17)5-11(7)21(18,19)14-6-9-2-3-20-15-9/h2-5,14H,6H2,1H3,(H,16,17). The molecule has 0 atom stereocenters. The van der Waals surface area contributed by atoms with Gasteiger partial charge in [0.1, 0.15) is 6.26 Å². The summed E-state index contributed by atoms with van der Waals surface area (Å²) in [6, 6.07) is 4.00. The highest BCUT2D eigenvalue weighted by Gasteiger charge is 2.21. The number of halogens is 1.